The average Bonchev–Trinajstić information content (AvgIpc) is 3.08. The van der Waals surface area contributed by atoms with Crippen molar-refractivity contribution < 1.29 is 13.9 Å². The van der Waals surface area contributed by atoms with Crippen LogP contribution in [0.1, 0.15) is 11.4 Å². The molecule has 0 saturated heterocycles. The lowest BCUT2D eigenvalue weighted by molar-refractivity contribution is 0.253. The SMILES string of the molecule is Cc1ccc(NC(=O)NP2(=O)OCc3nc4ccccc4n32)cc1. The number of para-hydroxylation sites is 2. The second-order valence-electron chi connectivity index (χ2n) is 5.55. The summed E-state index contributed by atoms with van der Waals surface area (Å²) in [5.41, 5.74) is 3.09. The second kappa shape index (κ2) is 5.47. The zero-order chi connectivity index (χ0) is 16.7. The van der Waals surface area contributed by atoms with E-state index in [1.54, 1.807) is 18.2 Å². The molecule has 0 aliphatic carbocycles. The van der Waals surface area contributed by atoms with Gasteiger partial charge in [0.25, 0.3) is 0 Å². The molecule has 0 radical (unpaired) electrons. The molecule has 0 bridgehead atoms. The van der Waals surface area contributed by atoms with Crippen LogP contribution in [-0.2, 0) is 15.7 Å². The van der Waals surface area contributed by atoms with E-state index in [0.29, 0.717) is 17.0 Å². The molecular weight excluding hydrogens is 327 g/mol. The lowest BCUT2D eigenvalue weighted by Crippen LogP contribution is -2.27. The fourth-order valence-electron chi connectivity index (χ4n) is 2.66. The van der Waals surface area contributed by atoms with Crippen molar-refractivity contribution in [1.82, 2.24) is 14.4 Å². The van der Waals surface area contributed by atoms with Crippen LogP contribution in [0.4, 0.5) is 10.5 Å². The number of hydrogen-bond acceptors (Lipinski definition) is 4. The highest BCUT2D eigenvalue weighted by molar-refractivity contribution is 7.56. The molecule has 0 spiro atoms. The Bertz CT molecular complexity index is 981. The summed E-state index contributed by atoms with van der Waals surface area (Å²) in [6.07, 6.45) is 0. The Kier molecular flexibility index (Phi) is 3.40. The number of benzene rings is 2. The largest absolute Gasteiger partial charge is 0.404 e. The maximum Gasteiger partial charge on any atom is 0.404 e. The summed E-state index contributed by atoms with van der Waals surface area (Å²) in [6.45, 7) is 2.05. The van der Waals surface area contributed by atoms with Crippen molar-refractivity contribution >= 4 is 30.4 Å². The molecule has 1 aromatic heterocycles. The van der Waals surface area contributed by atoms with Crippen molar-refractivity contribution in [2.75, 3.05) is 5.32 Å². The summed E-state index contributed by atoms with van der Waals surface area (Å²) < 4.78 is 19.9. The number of aromatic nitrogens is 2. The van der Waals surface area contributed by atoms with Gasteiger partial charge in [0, 0.05) is 5.69 Å². The summed E-state index contributed by atoms with van der Waals surface area (Å²) in [5.74, 6) is 0.537. The number of anilines is 1. The molecule has 2 amide bonds. The van der Waals surface area contributed by atoms with E-state index in [2.05, 4.69) is 15.4 Å². The van der Waals surface area contributed by atoms with E-state index < -0.39 is 13.7 Å². The molecule has 3 aromatic rings. The Morgan fingerprint density at radius 2 is 1.96 bits per heavy atom. The third kappa shape index (κ3) is 2.48. The standard InChI is InChI=1S/C16H15N4O3P/c1-11-6-8-12(9-7-11)17-16(21)19-24(22)20-14-5-3-2-4-13(14)18-15(20)10-23-24/h2-9H,10H2,1H3,(H2,17,19,21,22). The quantitative estimate of drug-likeness (QED) is 0.696. The van der Waals surface area contributed by atoms with Gasteiger partial charge in [-0.3, -0.25) is 4.52 Å². The van der Waals surface area contributed by atoms with Crippen molar-refractivity contribution in [3.63, 3.8) is 0 Å². The van der Waals surface area contributed by atoms with Crippen LogP contribution in [0.3, 0.4) is 0 Å². The van der Waals surface area contributed by atoms with E-state index in [0.717, 1.165) is 11.1 Å². The van der Waals surface area contributed by atoms with E-state index in [-0.39, 0.29) is 6.61 Å². The molecule has 24 heavy (non-hydrogen) atoms. The van der Waals surface area contributed by atoms with E-state index >= 15 is 0 Å². The fraction of sp³-hybridized carbons (Fsp3) is 0.125. The molecule has 2 N–H and O–H groups in total. The molecule has 0 fully saturated rings. The first-order chi connectivity index (χ1) is 11.5. The Hall–Kier alpha value is -2.63. The van der Waals surface area contributed by atoms with Crippen LogP contribution in [-0.4, -0.2) is 15.4 Å². The molecule has 1 atom stereocenters. The van der Waals surface area contributed by atoms with Crippen molar-refractivity contribution in [2.45, 2.75) is 13.5 Å². The lowest BCUT2D eigenvalue weighted by atomic mass is 10.2. The number of rotatable bonds is 2. The predicted octanol–water partition coefficient (Wildman–Crippen LogP) is 3.65. The highest BCUT2D eigenvalue weighted by Gasteiger charge is 2.38. The zero-order valence-corrected chi connectivity index (χ0v) is 13.8. The maximum atomic E-state index is 13.1. The predicted molar refractivity (Wildman–Crippen MR) is 90.9 cm³/mol. The summed E-state index contributed by atoms with van der Waals surface area (Å²) in [5, 5.41) is 5.12. The minimum Gasteiger partial charge on any atom is -0.308 e. The Labute approximate surface area is 138 Å². The minimum atomic E-state index is -3.57. The van der Waals surface area contributed by atoms with Crippen LogP contribution in [0.2, 0.25) is 0 Å². The van der Waals surface area contributed by atoms with Gasteiger partial charge in [0.15, 0.2) is 0 Å². The first kappa shape index (κ1) is 14.9. The highest BCUT2D eigenvalue weighted by atomic mass is 31.2. The number of fused-ring (bicyclic) bond motifs is 3. The Morgan fingerprint density at radius 3 is 2.75 bits per heavy atom. The van der Waals surface area contributed by atoms with Crippen LogP contribution in [0.15, 0.2) is 48.5 Å². The molecule has 1 aliphatic heterocycles. The van der Waals surface area contributed by atoms with Gasteiger partial charge in [-0.15, -0.1) is 0 Å². The monoisotopic (exact) mass is 342 g/mol. The topological polar surface area (TPSA) is 85.2 Å². The molecule has 0 saturated carbocycles. The molecule has 2 aromatic carbocycles. The van der Waals surface area contributed by atoms with Gasteiger partial charge in [0.1, 0.15) is 12.4 Å². The normalized spacial score (nSPS) is 19.2. The minimum absolute atomic E-state index is 0.0940. The fourth-order valence-corrected chi connectivity index (χ4v) is 4.40. The van der Waals surface area contributed by atoms with Crippen molar-refractivity contribution in [1.29, 1.82) is 0 Å². The third-order valence-corrected chi connectivity index (χ3v) is 5.73. The van der Waals surface area contributed by atoms with Crippen LogP contribution in [0.5, 0.6) is 0 Å². The van der Waals surface area contributed by atoms with Gasteiger partial charge < -0.3 is 5.32 Å². The van der Waals surface area contributed by atoms with E-state index in [1.807, 2.05) is 37.3 Å². The highest BCUT2D eigenvalue weighted by Crippen LogP contribution is 2.52. The first-order valence-electron chi connectivity index (χ1n) is 7.43. The van der Waals surface area contributed by atoms with Crippen LogP contribution in [0, 0.1) is 6.92 Å². The first-order valence-corrected chi connectivity index (χ1v) is 9.01. The smallest absolute Gasteiger partial charge is 0.308 e. The summed E-state index contributed by atoms with van der Waals surface area (Å²) in [4.78, 5) is 16.6. The molecule has 8 heteroatoms. The Morgan fingerprint density at radius 1 is 1.21 bits per heavy atom. The molecule has 4 rings (SSSR count). The lowest BCUT2D eigenvalue weighted by Gasteiger charge is -2.16. The summed E-state index contributed by atoms with van der Waals surface area (Å²) >= 11 is 0. The molecule has 1 aliphatic rings. The number of hydrogen-bond donors (Lipinski definition) is 2. The van der Waals surface area contributed by atoms with Crippen LogP contribution >= 0.6 is 7.67 Å². The zero-order valence-electron chi connectivity index (χ0n) is 12.9. The molecule has 122 valence electrons. The van der Waals surface area contributed by atoms with Crippen molar-refractivity contribution in [3.05, 3.63) is 59.9 Å². The van der Waals surface area contributed by atoms with Gasteiger partial charge in [-0.25, -0.2) is 23.8 Å². The van der Waals surface area contributed by atoms with E-state index in [4.69, 9.17) is 4.52 Å². The third-order valence-electron chi connectivity index (χ3n) is 3.79. The number of nitrogens with one attached hydrogen (secondary N) is 2. The number of imidazole rings is 1. The molecule has 2 heterocycles. The summed E-state index contributed by atoms with van der Waals surface area (Å²) in [7, 11) is -3.57. The van der Waals surface area contributed by atoms with Gasteiger partial charge in [-0.2, -0.15) is 0 Å². The number of nitrogens with zero attached hydrogens (tertiary/aromatic N) is 2. The summed E-state index contributed by atoms with van der Waals surface area (Å²) in [6, 6.07) is 14.0. The van der Waals surface area contributed by atoms with Gasteiger partial charge in [-0.1, -0.05) is 29.8 Å². The average molecular weight is 342 g/mol. The molecule has 1 unspecified atom stereocenters. The number of urea groups is 1. The number of carbonyl (C=O) groups excluding carboxylic acids is 1. The molecular formula is C16H15N4O3P. The number of carbonyl (C=O) groups is 1. The number of aryl methyl sites for hydroxylation is 1. The van der Waals surface area contributed by atoms with Gasteiger partial charge >= 0.3 is 13.7 Å². The van der Waals surface area contributed by atoms with Crippen molar-refractivity contribution in [3.8, 4) is 0 Å². The van der Waals surface area contributed by atoms with Gasteiger partial charge in [0.2, 0.25) is 0 Å². The van der Waals surface area contributed by atoms with Crippen LogP contribution < -0.4 is 10.4 Å². The van der Waals surface area contributed by atoms with Crippen LogP contribution in [0.25, 0.3) is 11.0 Å². The molecule has 7 nitrogen and oxygen atoms in total. The Balaban J connectivity index is 1.60. The van der Waals surface area contributed by atoms with E-state index in [9.17, 15) is 9.36 Å². The second-order valence-corrected chi connectivity index (χ2v) is 7.48. The van der Waals surface area contributed by atoms with Crippen molar-refractivity contribution in [2.24, 2.45) is 0 Å². The van der Waals surface area contributed by atoms with Gasteiger partial charge in [0.05, 0.1) is 11.0 Å². The van der Waals surface area contributed by atoms with E-state index in [1.165, 1.54) is 4.34 Å². The number of amides is 2. The maximum absolute atomic E-state index is 13.1. The van der Waals surface area contributed by atoms with Gasteiger partial charge in [-0.05, 0) is 31.2 Å².